The summed E-state index contributed by atoms with van der Waals surface area (Å²) in [7, 11) is -2.75. The topological polar surface area (TPSA) is 140 Å². The molecule has 0 amide bonds. The molecule has 4 aromatic carbocycles. The highest BCUT2D eigenvalue weighted by atomic mass is 32.2. The van der Waals surface area contributed by atoms with Gasteiger partial charge in [0.1, 0.15) is 29.3 Å². The first kappa shape index (κ1) is 45.2. The highest BCUT2D eigenvalue weighted by Crippen LogP contribution is 2.62. The number of benzene rings is 4. The second-order valence-corrected chi connectivity index (χ2v) is 18.8. The number of aromatic nitrogens is 1. The van der Waals surface area contributed by atoms with Crippen molar-refractivity contribution in [2.45, 2.75) is 80.9 Å². The largest absolute Gasteiger partial charge is 0.460 e. The lowest BCUT2D eigenvalue weighted by Gasteiger charge is -2.59. The number of hydrogen-bond acceptors (Lipinski definition) is 10. The number of allylic oxidation sites excluding steroid dienone is 1. The first-order valence-electron chi connectivity index (χ1n) is 22.6. The fourth-order valence-electron chi connectivity index (χ4n) is 10.4. The van der Waals surface area contributed by atoms with Crippen molar-refractivity contribution in [2.24, 2.45) is 22.9 Å². The zero-order valence-corrected chi connectivity index (χ0v) is 37.5. The Morgan fingerprint density at radius 1 is 0.906 bits per heavy atom. The molecule has 1 saturated carbocycles. The van der Waals surface area contributed by atoms with Crippen LogP contribution in [0, 0.1) is 17.8 Å². The van der Waals surface area contributed by atoms with Gasteiger partial charge in [-0.1, -0.05) is 97.7 Å². The number of unbranched alkanes of at least 4 members (excludes halogenated alkanes) is 2. The highest BCUT2D eigenvalue weighted by molar-refractivity contribution is 7.89. The second kappa shape index (κ2) is 20.2. The molecule has 2 heterocycles. The summed E-state index contributed by atoms with van der Waals surface area (Å²) in [6.07, 6.45) is 10.7. The molecule has 336 valence electrons. The van der Waals surface area contributed by atoms with Crippen molar-refractivity contribution in [3.8, 4) is 28.4 Å². The van der Waals surface area contributed by atoms with Gasteiger partial charge < -0.3 is 29.3 Å². The predicted octanol–water partition coefficient (Wildman–Crippen LogP) is 10.1. The summed E-state index contributed by atoms with van der Waals surface area (Å²) in [5, 5.41) is 25.3. The zero-order valence-electron chi connectivity index (χ0n) is 36.7. The molecule has 1 fully saturated rings. The number of ether oxygens (including phenoxy) is 3. The maximum absolute atomic E-state index is 15.4. The van der Waals surface area contributed by atoms with Gasteiger partial charge in [0.25, 0.3) is 0 Å². The van der Waals surface area contributed by atoms with E-state index in [9.17, 15) is 10.2 Å². The number of hydrogen-bond donors (Lipinski definition) is 2. The molecule has 3 aliphatic rings. The van der Waals surface area contributed by atoms with Gasteiger partial charge in [-0.25, -0.2) is 8.42 Å². The lowest BCUT2D eigenvalue weighted by Crippen LogP contribution is -2.70. The molecule has 0 saturated heterocycles. The molecule has 64 heavy (non-hydrogen) atoms. The SMILES string of the molecule is C=CCOC12Oc3ccc(Oc4ccc(-c5ccccc5)cc4)cc3C3C(CCCCO)C(CCCCO)C=C(C(=NOC)CC1N(CCC)S(=O)(=O)c1cccc4cccnc14)C32. The van der Waals surface area contributed by atoms with E-state index >= 15 is 8.42 Å². The van der Waals surface area contributed by atoms with Crippen molar-refractivity contribution >= 4 is 26.6 Å². The molecule has 0 radical (unpaired) electrons. The molecule has 6 atom stereocenters. The molecular formula is C52H59N3O8S. The van der Waals surface area contributed by atoms with Crippen LogP contribution >= 0.6 is 0 Å². The van der Waals surface area contributed by atoms with Gasteiger partial charge >= 0.3 is 0 Å². The van der Waals surface area contributed by atoms with Gasteiger partial charge in [-0.3, -0.25) is 4.98 Å². The van der Waals surface area contributed by atoms with Crippen LogP contribution in [0.25, 0.3) is 22.0 Å². The van der Waals surface area contributed by atoms with E-state index in [4.69, 9.17) is 19.0 Å². The van der Waals surface area contributed by atoms with E-state index in [1.165, 1.54) is 7.11 Å². The van der Waals surface area contributed by atoms with Gasteiger partial charge in [0.05, 0.1) is 29.8 Å². The smallest absolute Gasteiger partial charge is 0.245 e. The van der Waals surface area contributed by atoms with Crippen molar-refractivity contribution in [2.75, 3.05) is 33.5 Å². The fourth-order valence-corrected chi connectivity index (χ4v) is 12.3. The Morgan fingerprint density at radius 2 is 1.64 bits per heavy atom. The third-order valence-corrected chi connectivity index (χ3v) is 15.0. The van der Waals surface area contributed by atoms with Gasteiger partial charge in [-0.05, 0) is 103 Å². The van der Waals surface area contributed by atoms with Crippen LogP contribution in [0.4, 0.5) is 0 Å². The minimum Gasteiger partial charge on any atom is -0.460 e. The van der Waals surface area contributed by atoms with Crippen LogP contribution in [0.2, 0.25) is 0 Å². The standard InChI is InChI=1S/C52H59N3O8S/c1-4-29-55(64(58,59)47-21-13-18-38-19-14-28-53-51(38)47)48-35-45(54-60-3)43-33-39(17-9-11-30-56)42(20-10-12-31-57)49-44-34-41(26-27-46(44)63-52(48,50(43)49)61-32-5-2)62-40-24-22-37(23-25-40)36-15-7-6-8-16-36/h5-8,13-16,18-19,21-28,33-34,39,42,48-50,56-57H,2,4,9-12,17,20,29-32,35H2,1,3H3. The van der Waals surface area contributed by atoms with E-state index < -0.39 is 27.8 Å². The Bertz CT molecular complexity index is 2560. The van der Waals surface area contributed by atoms with Crippen LogP contribution in [0.15, 0.2) is 144 Å². The first-order chi connectivity index (χ1) is 31.3. The monoisotopic (exact) mass is 885 g/mol. The molecule has 5 aromatic rings. The van der Waals surface area contributed by atoms with E-state index in [0.717, 1.165) is 47.9 Å². The molecule has 1 aliphatic heterocycles. The first-order valence-corrected chi connectivity index (χ1v) is 24.0. The number of pyridine rings is 1. The molecule has 0 bridgehead atoms. The van der Waals surface area contributed by atoms with Gasteiger partial charge in [0.15, 0.2) is 0 Å². The Balaban J connectivity index is 1.31. The van der Waals surface area contributed by atoms with E-state index in [1.807, 2.05) is 73.7 Å². The quantitative estimate of drug-likeness (QED) is 0.0444. The minimum atomic E-state index is -4.26. The number of fused-ring (bicyclic) bond motifs is 3. The summed E-state index contributed by atoms with van der Waals surface area (Å²) in [5.74, 6) is -0.421. The van der Waals surface area contributed by atoms with Crippen LogP contribution < -0.4 is 9.47 Å². The molecule has 1 aromatic heterocycles. The normalized spacial score (nSPS) is 23.2. The number of aliphatic hydroxyl groups excluding tert-OH is 2. The third-order valence-electron chi connectivity index (χ3n) is 13.0. The van der Waals surface area contributed by atoms with Crippen LogP contribution in [-0.2, 0) is 19.6 Å². The molecule has 12 heteroatoms. The maximum atomic E-state index is 15.4. The summed E-state index contributed by atoms with van der Waals surface area (Å²) in [6.45, 7) is 6.42. The molecule has 2 N–H and O–H groups in total. The molecule has 11 nitrogen and oxygen atoms in total. The predicted molar refractivity (Wildman–Crippen MR) is 250 cm³/mol. The Morgan fingerprint density at radius 3 is 2.38 bits per heavy atom. The van der Waals surface area contributed by atoms with Gasteiger partial charge in [-0.2, -0.15) is 4.31 Å². The average Bonchev–Trinajstić information content (AvgIpc) is 3.32. The van der Waals surface area contributed by atoms with Crippen molar-refractivity contribution in [3.05, 3.63) is 139 Å². The Hall–Kier alpha value is -5.37. The average molecular weight is 886 g/mol. The van der Waals surface area contributed by atoms with Crippen molar-refractivity contribution in [1.29, 1.82) is 0 Å². The van der Waals surface area contributed by atoms with E-state index in [0.29, 0.717) is 53.1 Å². The maximum Gasteiger partial charge on any atom is 0.245 e. The zero-order chi connectivity index (χ0) is 44.7. The minimum absolute atomic E-state index is 0.00907. The van der Waals surface area contributed by atoms with E-state index in [1.54, 1.807) is 34.8 Å². The lowest BCUT2D eigenvalue weighted by molar-refractivity contribution is -0.251. The number of sulfonamides is 1. The molecule has 6 unspecified atom stereocenters. The molecular weight excluding hydrogens is 827 g/mol. The highest BCUT2D eigenvalue weighted by Gasteiger charge is 2.66. The molecule has 2 aliphatic carbocycles. The number of nitrogens with zero attached hydrogens (tertiary/aromatic N) is 3. The number of para-hydroxylation sites is 1. The Kier molecular flexibility index (Phi) is 14.3. The number of aliphatic hydroxyl groups is 2. The summed E-state index contributed by atoms with van der Waals surface area (Å²) in [5.41, 5.74) is 5.04. The fraction of sp³-hybridized carbons (Fsp3) is 0.385. The van der Waals surface area contributed by atoms with Gasteiger partial charge in [0, 0.05) is 49.2 Å². The van der Waals surface area contributed by atoms with Gasteiger partial charge in [0.2, 0.25) is 15.8 Å². The summed E-state index contributed by atoms with van der Waals surface area (Å²) >= 11 is 0. The summed E-state index contributed by atoms with van der Waals surface area (Å²) in [6, 6.07) is 32.1. The second-order valence-electron chi connectivity index (χ2n) is 16.9. The van der Waals surface area contributed by atoms with Crippen LogP contribution in [0.5, 0.6) is 17.2 Å². The van der Waals surface area contributed by atoms with E-state index in [2.05, 4.69) is 41.0 Å². The van der Waals surface area contributed by atoms with E-state index in [-0.39, 0.29) is 55.4 Å². The van der Waals surface area contributed by atoms with Crippen molar-refractivity contribution in [1.82, 2.24) is 9.29 Å². The van der Waals surface area contributed by atoms with Crippen LogP contribution in [-0.4, -0.2) is 78.9 Å². The molecule has 8 rings (SSSR count). The Labute approximate surface area is 377 Å². The van der Waals surface area contributed by atoms with Gasteiger partial charge in [-0.15, -0.1) is 6.58 Å². The lowest BCUT2D eigenvalue weighted by atomic mass is 9.55. The summed E-state index contributed by atoms with van der Waals surface area (Å²) < 4.78 is 53.5. The van der Waals surface area contributed by atoms with Crippen LogP contribution in [0.1, 0.15) is 69.8 Å². The van der Waals surface area contributed by atoms with Crippen molar-refractivity contribution in [3.63, 3.8) is 0 Å². The number of rotatable bonds is 20. The molecule has 0 spiro atoms. The third kappa shape index (κ3) is 8.86. The summed E-state index contributed by atoms with van der Waals surface area (Å²) in [4.78, 5) is 10.3. The number of oxime groups is 1. The van der Waals surface area contributed by atoms with Crippen LogP contribution in [0.3, 0.4) is 0 Å². The van der Waals surface area contributed by atoms with Crippen molar-refractivity contribution < 1.29 is 37.7 Å².